The van der Waals surface area contributed by atoms with Crippen LogP contribution < -0.4 is 0 Å². The van der Waals surface area contributed by atoms with Crippen molar-refractivity contribution in [1.82, 2.24) is 14.5 Å². The Morgan fingerprint density at radius 3 is 1.96 bits per heavy atom. The van der Waals surface area contributed by atoms with Crippen LogP contribution in [0.5, 0.6) is 0 Å². The minimum atomic E-state index is 0.659. The van der Waals surface area contributed by atoms with Crippen LogP contribution in [0.25, 0.3) is 112 Å². The van der Waals surface area contributed by atoms with Crippen LogP contribution >= 0.6 is 22.7 Å². The molecule has 12 rings (SSSR count). The first-order chi connectivity index (χ1) is 24.8. The Balaban J connectivity index is 1.26. The maximum absolute atomic E-state index is 6.34. The number of para-hydroxylation sites is 3. The second kappa shape index (κ2) is 9.76. The zero-order valence-corrected chi connectivity index (χ0v) is 28.0. The molecule has 5 aromatic heterocycles. The van der Waals surface area contributed by atoms with Crippen molar-refractivity contribution in [3.8, 4) is 17.2 Å². The number of benzene rings is 7. The molecule has 0 aliphatic carbocycles. The minimum absolute atomic E-state index is 0.659. The molecule has 0 atom stereocenters. The number of hydrogen-bond donors (Lipinski definition) is 0. The number of hydrogen-bond acceptors (Lipinski definition) is 5. The summed E-state index contributed by atoms with van der Waals surface area (Å²) in [6.07, 6.45) is 0. The Kier molecular flexibility index (Phi) is 5.23. The molecular weight excluding hydrogens is 651 g/mol. The van der Waals surface area contributed by atoms with Gasteiger partial charge in [-0.3, -0.25) is 4.57 Å². The van der Waals surface area contributed by atoms with E-state index in [2.05, 4.69) is 132 Å². The van der Waals surface area contributed by atoms with E-state index in [1.54, 1.807) is 0 Å². The first-order valence-electron chi connectivity index (χ1n) is 16.7. The van der Waals surface area contributed by atoms with Crippen LogP contribution in [0.1, 0.15) is 0 Å². The topological polar surface area (TPSA) is 43.9 Å². The molecule has 0 aliphatic heterocycles. The fraction of sp³-hybridized carbons (Fsp3) is 0. The van der Waals surface area contributed by atoms with Gasteiger partial charge in [0.05, 0.1) is 26.9 Å². The van der Waals surface area contributed by atoms with Crippen LogP contribution in [0, 0.1) is 0 Å². The predicted octanol–water partition coefficient (Wildman–Crippen LogP) is 13.0. The number of fused-ring (bicyclic) bond motifs is 16. The Morgan fingerprint density at radius 2 is 1.12 bits per heavy atom. The summed E-state index contributed by atoms with van der Waals surface area (Å²) < 4.78 is 13.9. The molecule has 0 fully saturated rings. The first kappa shape index (κ1) is 26.8. The number of furan rings is 1. The summed E-state index contributed by atoms with van der Waals surface area (Å²) in [4.78, 5) is 10.8. The third-order valence-electron chi connectivity index (χ3n) is 10.2. The van der Waals surface area contributed by atoms with Crippen molar-refractivity contribution in [3.63, 3.8) is 0 Å². The van der Waals surface area contributed by atoms with Crippen molar-refractivity contribution in [2.45, 2.75) is 0 Å². The second-order valence-electron chi connectivity index (χ2n) is 12.9. The van der Waals surface area contributed by atoms with Crippen LogP contribution in [0.3, 0.4) is 0 Å². The van der Waals surface area contributed by atoms with Gasteiger partial charge in [-0.25, -0.2) is 9.97 Å². The van der Waals surface area contributed by atoms with Gasteiger partial charge in [-0.1, -0.05) is 97.1 Å². The molecule has 232 valence electrons. The molecule has 4 nitrogen and oxygen atoms in total. The summed E-state index contributed by atoms with van der Waals surface area (Å²) in [6.45, 7) is 0. The molecule has 0 radical (unpaired) electrons. The van der Waals surface area contributed by atoms with E-state index in [9.17, 15) is 0 Å². The molecule has 0 aliphatic rings. The predicted molar refractivity (Wildman–Crippen MR) is 212 cm³/mol. The van der Waals surface area contributed by atoms with E-state index >= 15 is 0 Å². The van der Waals surface area contributed by atoms with Gasteiger partial charge < -0.3 is 4.42 Å². The lowest BCUT2D eigenvalue weighted by atomic mass is 10.0. The lowest BCUT2D eigenvalue weighted by molar-refractivity contribution is 0.669. The maximum Gasteiger partial charge on any atom is 0.235 e. The Hall–Kier alpha value is -6.08. The average molecular weight is 674 g/mol. The first-order valence-corrected chi connectivity index (χ1v) is 18.3. The lowest BCUT2D eigenvalue weighted by Crippen LogP contribution is -2.03. The zero-order valence-electron chi connectivity index (χ0n) is 26.3. The minimum Gasteiger partial charge on any atom is -0.456 e. The molecule has 0 bridgehead atoms. The van der Waals surface area contributed by atoms with Crippen molar-refractivity contribution in [1.29, 1.82) is 0 Å². The van der Waals surface area contributed by atoms with Gasteiger partial charge in [-0.2, -0.15) is 0 Å². The van der Waals surface area contributed by atoms with Gasteiger partial charge in [0.25, 0.3) is 0 Å². The van der Waals surface area contributed by atoms with Crippen molar-refractivity contribution in [2.24, 2.45) is 0 Å². The van der Waals surface area contributed by atoms with Gasteiger partial charge in [-0.05, 0) is 42.5 Å². The highest BCUT2D eigenvalue weighted by Crippen LogP contribution is 2.52. The van der Waals surface area contributed by atoms with Crippen molar-refractivity contribution in [3.05, 3.63) is 140 Å². The lowest BCUT2D eigenvalue weighted by Gasteiger charge is -2.12. The third-order valence-corrected chi connectivity index (χ3v) is 12.6. The molecule has 12 aromatic rings. The average Bonchev–Trinajstić information content (AvgIpc) is 3.92. The van der Waals surface area contributed by atoms with Crippen LogP contribution in [0.4, 0.5) is 0 Å². The monoisotopic (exact) mass is 673 g/mol. The molecule has 5 heterocycles. The standard InChI is InChI=1S/C44H23N3OS2/c1-6-16-31-27(12-1)40(24-21-22-26-25-11-3-8-18-33(25)48-34(26)23-24)46-44(45-31)47-32-17-7-2-13-28(32)37-38-29-14-4-9-19-35(29)49-42(38)39-30-15-5-10-20-36(30)50-43(39)41(37)47/h1-23H. The molecule has 0 spiro atoms. The highest BCUT2D eigenvalue weighted by Gasteiger charge is 2.25. The highest BCUT2D eigenvalue weighted by molar-refractivity contribution is 7.30. The van der Waals surface area contributed by atoms with E-state index in [1.165, 1.54) is 51.1 Å². The Labute approximate surface area is 292 Å². The molecule has 0 amide bonds. The van der Waals surface area contributed by atoms with E-state index in [0.29, 0.717) is 5.95 Å². The molecule has 6 heteroatoms. The second-order valence-corrected chi connectivity index (χ2v) is 15.0. The molecule has 0 saturated heterocycles. The van der Waals surface area contributed by atoms with Crippen molar-refractivity contribution < 1.29 is 4.42 Å². The van der Waals surface area contributed by atoms with Gasteiger partial charge in [-0.15, -0.1) is 22.7 Å². The normalized spacial score (nSPS) is 12.4. The van der Waals surface area contributed by atoms with Gasteiger partial charge >= 0.3 is 0 Å². The number of nitrogens with zero attached hydrogens (tertiary/aromatic N) is 3. The summed E-state index contributed by atoms with van der Waals surface area (Å²) >= 11 is 3.77. The summed E-state index contributed by atoms with van der Waals surface area (Å²) in [7, 11) is 0. The van der Waals surface area contributed by atoms with E-state index in [0.717, 1.165) is 55.1 Å². The smallest absolute Gasteiger partial charge is 0.235 e. The summed E-state index contributed by atoms with van der Waals surface area (Å²) in [6, 6.07) is 49.4. The number of aromatic nitrogens is 3. The highest BCUT2D eigenvalue weighted by atomic mass is 32.1. The molecule has 0 saturated carbocycles. The number of rotatable bonds is 2. The molecule has 7 aromatic carbocycles. The van der Waals surface area contributed by atoms with Crippen molar-refractivity contribution >= 4 is 118 Å². The summed E-state index contributed by atoms with van der Waals surface area (Å²) in [5.41, 5.74) is 6.77. The molecule has 50 heavy (non-hydrogen) atoms. The van der Waals surface area contributed by atoms with E-state index in [1.807, 2.05) is 34.8 Å². The van der Waals surface area contributed by atoms with Crippen LogP contribution in [-0.2, 0) is 0 Å². The fourth-order valence-corrected chi connectivity index (χ4v) is 10.7. The van der Waals surface area contributed by atoms with Gasteiger partial charge in [0.1, 0.15) is 11.2 Å². The van der Waals surface area contributed by atoms with Crippen LogP contribution in [0.15, 0.2) is 144 Å². The van der Waals surface area contributed by atoms with Gasteiger partial charge in [0, 0.05) is 68.1 Å². The Morgan fingerprint density at radius 1 is 0.480 bits per heavy atom. The number of thiophene rings is 2. The molecule has 0 N–H and O–H groups in total. The largest absolute Gasteiger partial charge is 0.456 e. The van der Waals surface area contributed by atoms with E-state index < -0.39 is 0 Å². The third kappa shape index (κ3) is 3.49. The fourth-order valence-electron chi connectivity index (χ4n) is 8.08. The molecular formula is C44H23N3OS2. The van der Waals surface area contributed by atoms with E-state index in [-0.39, 0.29) is 0 Å². The quantitative estimate of drug-likeness (QED) is 0.183. The van der Waals surface area contributed by atoms with E-state index in [4.69, 9.17) is 14.4 Å². The zero-order chi connectivity index (χ0) is 32.5. The Bertz CT molecular complexity index is 3400. The summed E-state index contributed by atoms with van der Waals surface area (Å²) in [5.74, 6) is 0.659. The summed E-state index contributed by atoms with van der Waals surface area (Å²) in [5, 5.41) is 10.9. The van der Waals surface area contributed by atoms with Gasteiger partial charge in [0.15, 0.2) is 0 Å². The van der Waals surface area contributed by atoms with Crippen LogP contribution in [0.2, 0.25) is 0 Å². The SMILES string of the molecule is c1ccc2c(-c3ccc4c(c3)oc3ccccc34)nc(-n3c4ccccc4c4c5c6ccccc6sc5c5c6ccccc6sc5c43)nc2c1. The maximum atomic E-state index is 6.34. The van der Waals surface area contributed by atoms with Crippen LogP contribution in [-0.4, -0.2) is 14.5 Å². The molecule has 0 unspecified atom stereocenters. The van der Waals surface area contributed by atoms with Gasteiger partial charge in [0.2, 0.25) is 5.95 Å². The van der Waals surface area contributed by atoms with Crippen molar-refractivity contribution in [2.75, 3.05) is 0 Å².